The predicted octanol–water partition coefficient (Wildman–Crippen LogP) is 6.09. The van der Waals surface area contributed by atoms with E-state index in [0.29, 0.717) is 25.8 Å². The summed E-state index contributed by atoms with van der Waals surface area (Å²) < 4.78 is 35.3. The van der Waals surface area contributed by atoms with Crippen molar-refractivity contribution < 1.29 is 88.0 Å². The summed E-state index contributed by atoms with van der Waals surface area (Å²) in [6.07, 6.45) is 36.6. The smallest absolute Gasteiger partial charge is 0.397 e. The molecule has 0 amide bonds. The fourth-order valence-electron chi connectivity index (χ4n) is 7.88. The Kier molecular flexibility index (Phi) is 49.3. The van der Waals surface area contributed by atoms with Crippen LogP contribution in [0.2, 0.25) is 0 Å². The van der Waals surface area contributed by atoms with Gasteiger partial charge in [0.2, 0.25) is 0 Å². The fourth-order valence-corrected chi connectivity index (χ4v) is 8.49. The molecular formula is C65H105N3O18S. The monoisotopic (exact) mass is 1250 g/mol. The van der Waals surface area contributed by atoms with Crippen LogP contribution in [0.1, 0.15) is 131 Å². The number of hydrogen-bond acceptors (Lipinski definition) is 17. The maximum atomic E-state index is 11.0. The Labute approximate surface area is 517 Å². The summed E-state index contributed by atoms with van der Waals surface area (Å²) in [5, 5.41) is 120. The van der Waals surface area contributed by atoms with E-state index in [1.54, 1.807) is 60.8 Å². The van der Waals surface area contributed by atoms with Gasteiger partial charge in [0.15, 0.2) is 5.96 Å². The fraction of sp³-hybridized carbons (Fsp3) is 0.554. The summed E-state index contributed by atoms with van der Waals surface area (Å²) in [4.78, 5) is 25.5. The zero-order valence-corrected chi connectivity index (χ0v) is 52.4. The molecule has 0 rings (SSSR count). The highest BCUT2D eigenvalue weighted by molar-refractivity contribution is 7.80. The Morgan fingerprint density at radius 2 is 0.966 bits per heavy atom. The van der Waals surface area contributed by atoms with E-state index in [2.05, 4.69) is 9.18 Å². The van der Waals surface area contributed by atoms with Crippen molar-refractivity contribution in [2.45, 2.75) is 205 Å². The van der Waals surface area contributed by atoms with Crippen molar-refractivity contribution in [3.05, 3.63) is 157 Å². The van der Waals surface area contributed by atoms with Crippen LogP contribution in [0.5, 0.6) is 0 Å². The van der Waals surface area contributed by atoms with Crippen molar-refractivity contribution in [1.82, 2.24) is 0 Å². The van der Waals surface area contributed by atoms with Crippen molar-refractivity contribution in [1.29, 1.82) is 0 Å². The highest BCUT2D eigenvalue weighted by Crippen LogP contribution is 2.20. The van der Waals surface area contributed by atoms with E-state index in [4.69, 9.17) is 21.1 Å². The topological polar surface area (TPSA) is 405 Å². The van der Waals surface area contributed by atoms with E-state index >= 15 is 0 Å². The number of Topliss-reactive ketones (excluding diaryl/α,β-unsaturated/α-hetero) is 1. The molecule has 0 spiro atoms. The molecule has 0 aliphatic carbocycles. The van der Waals surface area contributed by atoms with Crippen LogP contribution >= 0.6 is 0 Å². The van der Waals surface area contributed by atoms with Crippen LogP contribution in [0.4, 0.5) is 0 Å². The SMILES string of the molecule is CC(=O)CC(O)CC(O)/C=C/CC(O)CC(O)CC(O)/C=C/CC(O)CC(O)/C=C/CC(O)CC(O)CCCN=C(N)N.C\C(=C/C=C/C=C/CC/C=C/C(C)C(O)C(C)C(O)/C=C/C=C/C=C/C=C/C=C/C=C/CC(OS(=O)(=O)O)C(C)C)C(=O)O. The molecule has 0 aromatic heterocycles. The number of rotatable bonds is 46. The quantitative estimate of drug-likeness (QED) is 0.00623. The third kappa shape index (κ3) is 53.2. The van der Waals surface area contributed by atoms with Gasteiger partial charge in [0.1, 0.15) is 5.78 Å². The molecule has 17 N–H and O–H groups in total. The maximum Gasteiger partial charge on any atom is 0.397 e. The molecule has 0 fully saturated rings. The summed E-state index contributed by atoms with van der Waals surface area (Å²) in [5.41, 5.74) is 10.7. The number of ketones is 1. The van der Waals surface area contributed by atoms with Gasteiger partial charge in [-0.25, -0.2) is 8.98 Å². The second kappa shape index (κ2) is 51.4. The highest BCUT2D eigenvalue weighted by atomic mass is 32.3. The molecular weight excluding hydrogens is 1140 g/mol. The highest BCUT2D eigenvalue weighted by Gasteiger charge is 2.24. The number of aliphatic hydroxyl groups excluding tert-OH is 11. The number of unbranched alkanes of at least 4 members (excludes halogenated alkanes) is 1. The second-order valence-electron chi connectivity index (χ2n) is 21.7. The number of nitrogens with two attached hydrogens (primary N) is 2. The Bertz CT molecular complexity index is 2400. The maximum absolute atomic E-state index is 11.0. The molecule has 21 nitrogen and oxygen atoms in total. The van der Waals surface area contributed by atoms with Crippen LogP contribution in [0.3, 0.4) is 0 Å². The Hall–Kier alpha value is -5.54. The molecule has 0 saturated carbocycles. The van der Waals surface area contributed by atoms with Gasteiger partial charge in [-0.05, 0) is 84.0 Å². The van der Waals surface area contributed by atoms with Crippen LogP contribution < -0.4 is 11.5 Å². The van der Waals surface area contributed by atoms with Gasteiger partial charge in [0, 0.05) is 49.6 Å². The average Bonchev–Trinajstić information content (AvgIpc) is 3.56. The zero-order chi connectivity index (χ0) is 66.2. The molecule has 14 unspecified atom stereocenters. The molecule has 0 aromatic carbocycles. The number of carbonyl (C=O) groups is 2. The largest absolute Gasteiger partial charge is 0.478 e. The first-order chi connectivity index (χ1) is 40.9. The number of allylic oxidation sites excluding steroid dienone is 16. The van der Waals surface area contributed by atoms with E-state index in [1.165, 1.54) is 44.2 Å². The van der Waals surface area contributed by atoms with Crippen LogP contribution in [-0.2, 0) is 24.2 Å². The molecule has 0 aliphatic heterocycles. The van der Waals surface area contributed by atoms with E-state index < -0.39 is 89.6 Å². The second-order valence-corrected chi connectivity index (χ2v) is 22.8. The minimum atomic E-state index is -4.48. The summed E-state index contributed by atoms with van der Waals surface area (Å²) in [5.74, 6) is -1.67. The lowest BCUT2D eigenvalue weighted by atomic mass is 9.88. The Morgan fingerprint density at radius 3 is 1.46 bits per heavy atom. The van der Waals surface area contributed by atoms with Crippen molar-refractivity contribution in [3.63, 3.8) is 0 Å². The van der Waals surface area contributed by atoms with Gasteiger partial charge >= 0.3 is 16.4 Å². The van der Waals surface area contributed by atoms with Crippen molar-refractivity contribution in [2.24, 2.45) is 34.2 Å². The van der Waals surface area contributed by atoms with Gasteiger partial charge < -0.3 is 72.7 Å². The first kappa shape index (κ1) is 83.5. The standard InChI is InChI=1S/C35H50O8S.C30H55N3O10/c1-28(2)33(43-44(40,41)42)27-23-19-15-10-8-6-7-9-14-18-22-26-32(36)31(5)34(37)29(3)24-20-16-12-11-13-17-21-25-30(4)35(38)39;1-20(34)14-28(42)17-24(38)9-4-11-26(40)19-29(43)18-25(39)10-3-8-22(36)15-21(35)6-2-7-23(37)16-27(41)12-5-13-33-30(31)32/h6-11,13-15,17-26,28-29,31-34,36-37H,12,16,27H2,1-5H3,(H,38,39)(H,40,41,42);2-4,6,9-10,21-29,35-43H,5,7-8,11-19H2,1H3,(H4,31,32,33)/b8-6+,9-7+,13-11+,15-10+,18-14+,21-17+,23-19+,24-20+,26-22+,30-25+;6-2+,9-4+,10-3+. The number of carbonyl (C=O) groups excluding carboxylic acids is 1. The summed E-state index contributed by atoms with van der Waals surface area (Å²) in [7, 11) is -4.48. The Balaban J connectivity index is 0. The molecule has 0 heterocycles. The number of aliphatic hydroxyl groups is 11. The van der Waals surface area contributed by atoms with Gasteiger partial charge in [-0.2, -0.15) is 8.42 Å². The van der Waals surface area contributed by atoms with Crippen molar-refractivity contribution in [3.8, 4) is 0 Å². The normalized spacial score (nSPS) is 18.3. The minimum Gasteiger partial charge on any atom is -0.478 e. The molecule has 0 radical (unpaired) electrons. The first-order valence-corrected chi connectivity index (χ1v) is 30.9. The van der Waals surface area contributed by atoms with E-state index in [9.17, 15) is 74.2 Å². The molecule has 0 bridgehead atoms. The molecule has 87 heavy (non-hydrogen) atoms. The molecule has 0 aromatic rings. The number of hydrogen-bond donors (Lipinski definition) is 15. The number of carboxylic acids is 1. The number of aliphatic carboxylic acids is 1. The lowest BCUT2D eigenvalue weighted by Crippen LogP contribution is -2.32. The summed E-state index contributed by atoms with van der Waals surface area (Å²) >= 11 is 0. The van der Waals surface area contributed by atoms with Crippen molar-refractivity contribution >= 4 is 28.1 Å². The lowest BCUT2D eigenvalue weighted by Gasteiger charge is -2.25. The van der Waals surface area contributed by atoms with Crippen LogP contribution in [0.15, 0.2) is 162 Å². The van der Waals surface area contributed by atoms with Crippen molar-refractivity contribution in [2.75, 3.05) is 6.54 Å². The van der Waals surface area contributed by atoms with Crippen LogP contribution in [0.25, 0.3) is 0 Å². The third-order valence-corrected chi connectivity index (χ3v) is 13.3. The van der Waals surface area contributed by atoms with E-state index in [0.717, 1.165) is 12.8 Å². The number of guanidine groups is 1. The molecule has 0 aliphatic rings. The number of aliphatic imine (C=N–C) groups is 1. The Morgan fingerprint density at radius 1 is 0.517 bits per heavy atom. The van der Waals surface area contributed by atoms with Crippen LogP contribution in [0, 0.1) is 17.8 Å². The summed E-state index contributed by atoms with van der Waals surface area (Å²) in [6, 6.07) is 0. The van der Waals surface area contributed by atoms with Gasteiger partial charge in [0.25, 0.3) is 0 Å². The molecule has 0 saturated heterocycles. The zero-order valence-electron chi connectivity index (χ0n) is 51.6. The van der Waals surface area contributed by atoms with Gasteiger partial charge in [-0.3, -0.25) is 14.3 Å². The third-order valence-electron chi connectivity index (χ3n) is 12.8. The van der Waals surface area contributed by atoms with Gasteiger partial charge in [-0.1, -0.05) is 180 Å². The average molecular weight is 1250 g/mol. The lowest BCUT2D eigenvalue weighted by molar-refractivity contribution is -0.132. The van der Waals surface area contributed by atoms with E-state index in [1.807, 2.05) is 88.5 Å². The predicted molar refractivity (Wildman–Crippen MR) is 343 cm³/mol. The first-order valence-electron chi connectivity index (χ1n) is 29.5. The minimum absolute atomic E-state index is 0.00129. The summed E-state index contributed by atoms with van der Waals surface area (Å²) in [6.45, 7) is 10.6. The number of carboxylic acid groups (broad SMARTS) is 1. The number of nitrogens with zero attached hydrogens (tertiary/aromatic N) is 1. The van der Waals surface area contributed by atoms with Gasteiger partial charge in [-0.15, -0.1) is 0 Å². The van der Waals surface area contributed by atoms with E-state index in [-0.39, 0.29) is 92.9 Å². The molecule has 22 heteroatoms. The molecule has 14 atom stereocenters. The van der Waals surface area contributed by atoms with Crippen LogP contribution in [-0.4, -0.2) is 172 Å². The van der Waals surface area contributed by atoms with Gasteiger partial charge in [0.05, 0.1) is 73.2 Å². The molecule has 494 valence electrons.